The van der Waals surface area contributed by atoms with E-state index in [1.165, 1.54) is 12.1 Å². The average molecular weight is 246 g/mol. The zero-order chi connectivity index (χ0) is 13.1. The number of hydrogen-bond acceptors (Lipinski definition) is 4. The Morgan fingerprint density at radius 2 is 1.83 bits per heavy atom. The van der Waals surface area contributed by atoms with E-state index in [0.29, 0.717) is 18.3 Å². The molecule has 0 saturated carbocycles. The normalized spacial score (nSPS) is 10.4. The third kappa shape index (κ3) is 2.74. The lowest BCUT2D eigenvalue weighted by Crippen LogP contribution is -2.08. The molecule has 5 heteroatoms. The van der Waals surface area contributed by atoms with Gasteiger partial charge in [0.05, 0.1) is 0 Å². The molecule has 0 spiro atoms. The fourth-order valence-corrected chi connectivity index (χ4v) is 1.51. The summed E-state index contributed by atoms with van der Waals surface area (Å²) >= 11 is 0. The highest BCUT2D eigenvalue weighted by Gasteiger charge is 2.04. The van der Waals surface area contributed by atoms with Crippen molar-refractivity contribution >= 4 is 11.8 Å². The summed E-state index contributed by atoms with van der Waals surface area (Å²) < 4.78 is 12.7. The number of nitrogens with two attached hydrogens (primary N) is 1. The quantitative estimate of drug-likeness (QED) is 0.873. The van der Waals surface area contributed by atoms with Gasteiger partial charge in [-0.1, -0.05) is 12.1 Å². The molecule has 2 rings (SSSR count). The Kier molecular flexibility index (Phi) is 3.41. The molecule has 0 saturated heterocycles. The topological polar surface area (TPSA) is 63.8 Å². The molecule has 1 heterocycles. The highest BCUT2D eigenvalue weighted by molar-refractivity contribution is 5.46. The van der Waals surface area contributed by atoms with Crippen molar-refractivity contribution in [3.8, 4) is 0 Å². The zero-order valence-corrected chi connectivity index (χ0v) is 10.4. The van der Waals surface area contributed by atoms with E-state index in [9.17, 15) is 4.39 Å². The van der Waals surface area contributed by atoms with Crippen molar-refractivity contribution in [1.82, 2.24) is 9.97 Å². The van der Waals surface area contributed by atoms with E-state index < -0.39 is 0 Å². The molecule has 94 valence electrons. The van der Waals surface area contributed by atoms with Crippen LogP contribution in [0.4, 0.5) is 16.2 Å². The van der Waals surface area contributed by atoms with Gasteiger partial charge in [0.1, 0.15) is 11.6 Å². The van der Waals surface area contributed by atoms with Gasteiger partial charge in [0.25, 0.3) is 0 Å². The number of halogens is 1. The third-order valence-corrected chi connectivity index (χ3v) is 2.79. The summed E-state index contributed by atoms with van der Waals surface area (Å²) in [6, 6.07) is 6.28. The van der Waals surface area contributed by atoms with Crippen molar-refractivity contribution in [2.75, 3.05) is 11.1 Å². The molecule has 0 radical (unpaired) electrons. The number of nitrogens with one attached hydrogen (secondary N) is 1. The minimum Gasteiger partial charge on any atom is -0.383 e. The molecule has 1 aromatic carbocycles. The second-order valence-electron chi connectivity index (χ2n) is 4.12. The van der Waals surface area contributed by atoms with E-state index in [-0.39, 0.29) is 5.82 Å². The molecule has 0 bridgehead atoms. The smallest absolute Gasteiger partial charge is 0.225 e. The van der Waals surface area contributed by atoms with Crippen LogP contribution >= 0.6 is 0 Å². The van der Waals surface area contributed by atoms with Gasteiger partial charge in [0.15, 0.2) is 0 Å². The molecule has 18 heavy (non-hydrogen) atoms. The monoisotopic (exact) mass is 246 g/mol. The maximum absolute atomic E-state index is 12.7. The largest absolute Gasteiger partial charge is 0.383 e. The van der Waals surface area contributed by atoms with Gasteiger partial charge >= 0.3 is 0 Å². The predicted molar refractivity (Wildman–Crippen MR) is 69.6 cm³/mol. The first kappa shape index (κ1) is 12.3. The standard InChI is InChI=1S/C13H15FN4/c1-8-9(2)17-13(18-12(8)15)16-7-10-3-5-11(14)6-4-10/h3-6H,7H2,1-2H3,(H3,15,16,17,18). The summed E-state index contributed by atoms with van der Waals surface area (Å²) in [6.07, 6.45) is 0. The van der Waals surface area contributed by atoms with Crippen LogP contribution in [-0.4, -0.2) is 9.97 Å². The molecule has 1 aromatic heterocycles. The highest BCUT2D eigenvalue weighted by Crippen LogP contribution is 2.14. The van der Waals surface area contributed by atoms with Gasteiger partial charge in [0, 0.05) is 17.8 Å². The molecule has 0 aliphatic rings. The summed E-state index contributed by atoms with van der Waals surface area (Å²) in [5.41, 5.74) is 8.47. The molecule has 2 aromatic rings. The number of anilines is 2. The molecule has 4 nitrogen and oxygen atoms in total. The van der Waals surface area contributed by atoms with Crippen LogP contribution < -0.4 is 11.1 Å². The molecule has 0 fully saturated rings. The van der Waals surface area contributed by atoms with E-state index in [1.54, 1.807) is 12.1 Å². The first-order valence-corrected chi connectivity index (χ1v) is 5.65. The number of nitrogens with zero attached hydrogens (tertiary/aromatic N) is 2. The Balaban J connectivity index is 2.08. The Labute approximate surface area is 105 Å². The first-order chi connectivity index (χ1) is 8.56. The van der Waals surface area contributed by atoms with Crippen molar-refractivity contribution in [2.24, 2.45) is 0 Å². The van der Waals surface area contributed by atoms with Gasteiger partial charge in [-0.15, -0.1) is 0 Å². The van der Waals surface area contributed by atoms with Crippen molar-refractivity contribution in [3.63, 3.8) is 0 Å². The van der Waals surface area contributed by atoms with Gasteiger partial charge in [0.2, 0.25) is 5.95 Å². The average Bonchev–Trinajstić information content (AvgIpc) is 2.35. The Morgan fingerprint density at radius 3 is 2.44 bits per heavy atom. The Morgan fingerprint density at radius 1 is 1.17 bits per heavy atom. The second kappa shape index (κ2) is 5.00. The van der Waals surface area contributed by atoms with Crippen LogP contribution in [-0.2, 0) is 6.54 Å². The number of aromatic nitrogens is 2. The minimum atomic E-state index is -0.245. The Bertz CT molecular complexity index is 528. The molecule has 0 amide bonds. The van der Waals surface area contributed by atoms with Crippen LogP contribution in [0.5, 0.6) is 0 Å². The van der Waals surface area contributed by atoms with Crippen LogP contribution in [0, 0.1) is 19.7 Å². The Hall–Kier alpha value is -2.17. The summed E-state index contributed by atoms with van der Waals surface area (Å²) in [4.78, 5) is 8.44. The summed E-state index contributed by atoms with van der Waals surface area (Å²) in [6.45, 7) is 4.30. The van der Waals surface area contributed by atoms with Crippen molar-refractivity contribution in [1.29, 1.82) is 0 Å². The minimum absolute atomic E-state index is 0.245. The number of hydrogen-bond donors (Lipinski definition) is 2. The van der Waals surface area contributed by atoms with Crippen LogP contribution in [0.1, 0.15) is 16.8 Å². The van der Waals surface area contributed by atoms with Crippen molar-refractivity contribution in [3.05, 3.63) is 46.9 Å². The summed E-state index contributed by atoms with van der Waals surface area (Å²) in [7, 11) is 0. The zero-order valence-electron chi connectivity index (χ0n) is 10.4. The molecule has 3 N–H and O–H groups in total. The number of benzene rings is 1. The molecule has 0 aliphatic carbocycles. The number of aryl methyl sites for hydroxylation is 1. The molecule has 0 atom stereocenters. The maximum atomic E-state index is 12.7. The lowest BCUT2D eigenvalue weighted by molar-refractivity contribution is 0.627. The van der Waals surface area contributed by atoms with Crippen LogP contribution in [0.2, 0.25) is 0 Å². The summed E-state index contributed by atoms with van der Waals surface area (Å²) in [5.74, 6) is 0.717. The lowest BCUT2D eigenvalue weighted by Gasteiger charge is -2.08. The van der Waals surface area contributed by atoms with E-state index in [4.69, 9.17) is 5.73 Å². The van der Waals surface area contributed by atoms with Crippen molar-refractivity contribution in [2.45, 2.75) is 20.4 Å². The summed E-state index contributed by atoms with van der Waals surface area (Å²) in [5, 5.41) is 3.06. The maximum Gasteiger partial charge on any atom is 0.225 e. The van der Waals surface area contributed by atoms with Crippen LogP contribution in [0.25, 0.3) is 0 Å². The highest BCUT2D eigenvalue weighted by atomic mass is 19.1. The van der Waals surface area contributed by atoms with Gasteiger partial charge in [-0.2, -0.15) is 4.98 Å². The lowest BCUT2D eigenvalue weighted by atomic mass is 10.2. The molecule has 0 unspecified atom stereocenters. The van der Waals surface area contributed by atoms with Crippen molar-refractivity contribution < 1.29 is 4.39 Å². The SMILES string of the molecule is Cc1nc(NCc2ccc(F)cc2)nc(N)c1C. The van der Waals surface area contributed by atoms with Gasteiger partial charge in [-0.3, -0.25) is 0 Å². The molecular formula is C13H15FN4. The van der Waals surface area contributed by atoms with Gasteiger partial charge < -0.3 is 11.1 Å². The molecule has 0 aliphatic heterocycles. The first-order valence-electron chi connectivity index (χ1n) is 5.65. The van der Waals surface area contributed by atoms with Crippen LogP contribution in [0.3, 0.4) is 0 Å². The molecular weight excluding hydrogens is 231 g/mol. The van der Waals surface area contributed by atoms with E-state index in [0.717, 1.165) is 16.8 Å². The van der Waals surface area contributed by atoms with Crippen LogP contribution in [0.15, 0.2) is 24.3 Å². The van der Waals surface area contributed by atoms with Gasteiger partial charge in [-0.25, -0.2) is 9.37 Å². The van der Waals surface area contributed by atoms with E-state index in [2.05, 4.69) is 15.3 Å². The van der Waals surface area contributed by atoms with E-state index in [1.807, 2.05) is 13.8 Å². The number of rotatable bonds is 3. The van der Waals surface area contributed by atoms with Gasteiger partial charge in [-0.05, 0) is 31.5 Å². The third-order valence-electron chi connectivity index (χ3n) is 2.79. The predicted octanol–water partition coefficient (Wildman–Crippen LogP) is 2.43. The fraction of sp³-hybridized carbons (Fsp3) is 0.231. The number of nitrogen functional groups attached to an aromatic ring is 1. The second-order valence-corrected chi connectivity index (χ2v) is 4.12. The fourth-order valence-electron chi connectivity index (χ4n) is 1.51. The van der Waals surface area contributed by atoms with E-state index >= 15 is 0 Å².